The van der Waals surface area contributed by atoms with E-state index in [2.05, 4.69) is 5.32 Å². The molecule has 6 heteroatoms. The number of aryl methyl sites for hydroxylation is 1. The predicted octanol–water partition coefficient (Wildman–Crippen LogP) is 5.18. The Balaban J connectivity index is 1.76. The van der Waals surface area contributed by atoms with Crippen molar-refractivity contribution in [2.24, 2.45) is 0 Å². The van der Waals surface area contributed by atoms with E-state index in [0.29, 0.717) is 28.3 Å². The summed E-state index contributed by atoms with van der Waals surface area (Å²) in [4.78, 5) is 28.3. The molecule has 0 atom stereocenters. The Hall–Kier alpha value is -4.06. The molecular formula is C28H28N2O4. The van der Waals surface area contributed by atoms with E-state index in [1.54, 1.807) is 19.2 Å². The number of rotatable bonds is 8. The van der Waals surface area contributed by atoms with Crippen molar-refractivity contribution in [1.29, 1.82) is 0 Å². The summed E-state index contributed by atoms with van der Waals surface area (Å²) in [6.45, 7) is 6.05. The van der Waals surface area contributed by atoms with Gasteiger partial charge in [0.15, 0.2) is 0 Å². The lowest BCUT2D eigenvalue weighted by Crippen LogP contribution is -2.32. The van der Waals surface area contributed by atoms with E-state index in [9.17, 15) is 9.59 Å². The average molecular weight is 457 g/mol. The number of anilines is 1. The minimum Gasteiger partial charge on any atom is -0.495 e. The van der Waals surface area contributed by atoms with Crippen LogP contribution < -0.4 is 14.8 Å². The molecule has 174 valence electrons. The summed E-state index contributed by atoms with van der Waals surface area (Å²) < 4.78 is 11.2. The number of nitrogens with one attached hydrogen (secondary N) is 1. The lowest BCUT2D eigenvalue weighted by atomic mass is 10.0. The Morgan fingerprint density at radius 1 is 0.912 bits per heavy atom. The van der Waals surface area contributed by atoms with Crippen LogP contribution >= 0.6 is 0 Å². The van der Waals surface area contributed by atoms with Crippen LogP contribution in [-0.2, 0) is 16.1 Å². The van der Waals surface area contributed by atoms with E-state index in [4.69, 9.17) is 9.47 Å². The first-order valence-corrected chi connectivity index (χ1v) is 11.2. The number of hydrogen-bond donors (Lipinski definition) is 1. The minimum atomic E-state index is -0.380. The van der Waals surface area contributed by atoms with Gasteiger partial charge in [0.25, 0.3) is 11.8 Å². The first-order valence-electron chi connectivity index (χ1n) is 11.2. The monoisotopic (exact) mass is 456 g/mol. The van der Waals surface area contributed by atoms with Crippen LogP contribution in [0, 0.1) is 6.92 Å². The Morgan fingerprint density at radius 2 is 1.62 bits per heavy atom. The molecule has 0 saturated carbocycles. The number of carbonyl (C=O) groups excluding carboxylic acids is 2. The van der Waals surface area contributed by atoms with Gasteiger partial charge in [-0.15, -0.1) is 0 Å². The predicted molar refractivity (Wildman–Crippen MR) is 132 cm³/mol. The molecule has 0 fully saturated rings. The van der Waals surface area contributed by atoms with E-state index in [1.807, 2.05) is 81.4 Å². The van der Waals surface area contributed by atoms with Gasteiger partial charge in [-0.25, -0.2) is 0 Å². The summed E-state index contributed by atoms with van der Waals surface area (Å²) in [5.74, 6) is 0.558. The third kappa shape index (κ3) is 4.81. The van der Waals surface area contributed by atoms with E-state index in [1.165, 1.54) is 4.90 Å². The van der Waals surface area contributed by atoms with Crippen LogP contribution in [0.25, 0.3) is 5.57 Å². The first-order chi connectivity index (χ1) is 16.4. The molecule has 0 bridgehead atoms. The number of ether oxygens (including phenoxy) is 2. The van der Waals surface area contributed by atoms with E-state index < -0.39 is 0 Å². The SMILES string of the molecule is COc1ccc(C)cc1NC1=C(c2ccc(OC(C)C)cc2)C(=O)N(Cc2ccccc2)C1=O. The highest BCUT2D eigenvalue weighted by Gasteiger charge is 2.39. The number of imide groups is 1. The number of methoxy groups -OCH3 is 1. The highest BCUT2D eigenvalue weighted by Crippen LogP contribution is 2.35. The summed E-state index contributed by atoms with van der Waals surface area (Å²) >= 11 is 0. The molecule has 1 aliphatic heterocycles. The van der Waals surface area contributed by atoms with Gasteiger partial charge in [0.1, 0.15) is 17.2 Å². The van der Waals surface area contributed by atoms with Crippen molar-refractivity contribution >= 4 is 23.1 Å². The third-order valence-corrected chi connectivity index (χ3v) is 5.48. The summed E-state index contributed by atoms with van der Waals surface area (Å²) in [6.07, 6.45) is 0.0344. The number of carbonyl (C=O) groups is 2. The number of benzene rings is 3. The van der Waals surface area contributed by atoms with Gasteiger partial charge < -0.3 is 14.8 Å². The Bertz CT molecular complexity index is 1230. The Kier molecular flexibility index (Phi) is 6.68. The zero-order chi connectivity index (χ0) is 24.2. The van der Waals surface area contributed by atoms with E-state index in [-0.39, 0.29) is 30.2 Å². The molecule has 1 aliphatic rings. The van der Waals surface area contributed by atoms with Gasteiger partial charge in [0.2, 0.25) is 0 Å². The van der Waals surface area contributed by atoms with Gasteiger partial charge in [0, 0.05) is 0 Å². The highest BCUT2D eigenvalue weighted by molar-refractivity contribution is 6.36. The standard InChI is InChI=1S/C28H28N2O4/c1-18(2)34-22-13-11-21(12-14-22)25-26(29-23-16-19(3)10-15-24(23)33-4)28(32)30(27(25)31)17-20-8-6-5-7-9-20/h5-16,18,29H,17H2,1-4H3. The van der Waals surface area contributed by atoms with Gasteiger partial charge in [-0.05, 0) is 61.7 Å². The molecule has 0 aliphatic carbocycles. The second-order valence-electron chi connectivity index (χ2n) is 8.45. The van der Waals surface area contributed by atoms with Crippen LogP contribution in [0.2, 0.25) is 0 Å². The fraction of sp³-hybridized carbons (Fsp3) is 0.214. The molecule has 0 spiro atoms. The maximum atomic E-state index is 13.6. The largest absolute Gasteiger partial charge is 0.495 e. The number of amides is 2. The van der Waals surface area contributed by atoms with Crippen molar-refractivity contribution in [2.75, 3.05) is 12.4 Å². The molecule has 0 aromatic heterocycles. The summed E-state index contributed by atoms with van der Waals surface area (Å²) in [6, 6.07) is 22.3. The summed E-state index contributed by atoms with van der Waals surface area (Å²) in [5, 5.41) is 3.20. The fourth-order valence-electron chi connectivity index (χ4n) is 3.90. The summed E-state index contributed by atoms with van der Waals surface area (Å²) in [7, 11) is 1.57. The van der Waals surface area contributed by atoms with E-state index in [0.717, 1.165) is 11.1 Å². The molecule has 1 N–H and O–H groups in total. The van der Waals surface area contributed by atoms with Crippen LogP contribution in [-0.4, -0.2) is 29.9 Å². The molecule has 6 nitrogen and oxygen atoms in total. The van der Waals surface area contributed by atoms with Crippen LogP contribution in [0.4, 0.5) is 5.69 Å². The molecule has 2 amide bonds. The van der Waals surface area contributed by atoms with Crippen molar-refractivity contribution in [3.05, 3.63) is 95.2 Å². The Labute approximate surface area is 199 Å². The normalized spacial score (nSPS) is 13.6. The molecule has 3 aromatic carbocycles. The van der Waals surface area contributed by atoms with E-state index >= 15 is 0 Å². The second-order valence-corrected chi connectivity index (χ2v) is 8.45. The highest BCUT2D eigenvalue weighted by atomic mass is 16.5. The Morgan fingerprint density at radius 3 is 2.26 bits per heavy atom. The van der Waals surface area contributed by atoms with Gasteiger partial charge >= 0.3 is 0 Å². The number of hydrogen-bond acceptors (Lipinski definition) is 5. The molecule has 34 heavy (non-hydrogen) atoms. The lowest BCUT2D eigenvalue weighted by molar-refractivity contribution is -0.137. The van der Waals surface area contributed by atoms with Crippen molar-refractivity contribution in [1.82, 2.24) is 4.90 Å². The van der Waals surface area contributed by atoms with Crippen molar-refractivity contribution in [3.63, 3.8) is 0 Å². The van der Waals surface area contributed by atoms with Gasteiger partial charge in [0.05, 0.1) is 31.0 Å². The van der Waals surface area contributed by atoms with Crippen molar-refractivity contribution in [3.8, 4) is 11.5 Å². The molecular weight excluding hydrogens is 428 g/mol. The van der Waals surface area contributed by atoms with Crippen molar-refractivity contribution < 1.29 is 19.1 Å². The second kappa shape index (κ2) is 9.83. The smallest absolute Gasteiger partial charge is 0.278 e. The first kappa shape index (κ1) is 23.1. The van der Waals surface area contributed by atoms with Gasteiger partial charge in [-0.2, -0.15) is 0 Å². The van der Waals surface area contributed by atoms with Gasteiger partial charge in [-0.3, -0.25) is 14.5 Å². The van der Waals surface area contributed by atoms with Crippen LogP contribution in [0.15, 0.2) is 78.5 Å². The molecule has 0 unspecified atom stereocenters. The maximum absolute atomic E-state index is 13.6. The third-order valence-electron chi connectivity index (χ3n) is 5.48. The lowest BCUT2D eigenvalue weighted by Gasteiger charge is -2.16. The van der Waals surface area contributed by atoms with Crippen LogP contribution in [0.1, 0.15) is 30.5 Å². The number of nitrogens with zero attached hydrogens (tertiary/aromatic N) is 1. The molecule has 4 rings (SSSR count). The molecule has 3 aromatic rings. The van der Waals surface area contributed by atoms with Crippen molar-refractivity contribution in [2.45, 2.75) is 33.4 Å². The zero-order valence-electron chi connectivity index (χ0n) is 19.8. The molecule has 0 radical (unpaired) electrons. The maximum Gasteiger partial charge on any atom is 0.278 e. The topological polar surface area (TPSA) is 67.9 Å². The molecule has 0 saturated heterocycles. The molecule has 1 heterocycles. The minimum absolute atomic E-state index is 0.0344. The fourth-order valence-corrected chi connectivity index (χ4v) is 3.90. The van der Waals surface area contributed by atoms with Crippen LogP contribution in [0.3, 0.4) is 0 Å². The zero-order valence-corrected chi connectivity index (χ0v) is 19.8. The van der Waals surface area contributed by atoms with Crippen LogP contribution in [0.5, 0.6) is 11.5 Å². The average Bonchev–Trinajstić information content (AvgIpc) is 3.04. The summed E-state index contributed by atoms with van der Waals surface area (Å²) in [5.41, 5.74) is 3.68. The quantitative estimate of drug-likeness (QED) is 0.473. The van der Waals surface area contributed by atoms with Gasteiger partial charge in [-0.1, -0.05) is 48.5 Å².